The number of anilines is 1. The van der Waals surface area contributed by atoms with E-state index >= 15 is 0 Å². The molecule has 0 saturated carbocycles. The zero-order chi connectivity index (χ0) is 14.1. The van der Waals surface area contributed by atoms with E-state index in [9.17, 15) is 9.90 Å². The van der Waals surface area contributed by atoms with Crippen LogP contribution in [0.1, 0.15) is 31.4 Å². The van der Waals surface area contributed by atoms with E-state index in [0.29, 0.717) is 24.3 Å². The van der Waals surface area contributed by atoms with Gasteiger partial charge in [-0.15, -0.1) is 0 Å². The lowest BCUT2D eigenvalue weighted by Crippen LogP contribution is -2.09. The van der Waals surface area contributed by atoms with Crippen molar-refractivity contribution in [3.05, 3.63) is 42.0 Å². The SMILES string of the molecule is CCCOCC/C=C\C(=O)C(O)c1ccc(N)cc1. The van der Waals surface area contributed by atoms with E-state index < -0.39 is 6.10 Å². The molecule has 3 N–H and O–H groups in total. The van der Waals surface area contributed by atoms with Crippen LogP contribution >= 0.6 is 0 Å². The second-order valence-corrected chi connectivity index (χ2v) is 4.27. The number of benzene rings is 1. The zero-order valence-corrected chi connectivity index (χ0v) is 11.2. The van der Waals surface area contributed by atoms with Crippen molar-refractivity contribution in [2.24, 2.45) is 0 Å². The van der Waals surface area contributed by atoms with Gasteiger partial charge < -0.3 is 15.6 Å². The number of ketones is 1. The molecule has 104 valence electrons. The molecule has 0 saturated heterocycles. The Kier molecular flexibility index (Phi) is 6.85. The number of aliphatic hydroxyl groups is 1. The van der Waals surface area contributed by atoms with Crippen molar-refractivity contribution in [1.82, 2.24) is 0 Å². The maximum atomic E-state index is 11.7. The molecule has 0 aromatic heterocycles. The molecular weight excluding hydrogens is 242 g/mol. The minimum Gasteiger partial charge on any atom is -0.399 e. The van der Waals surface area contributed by atoms with Gasteiger partial charge in [0.25, 0.3) is 0 Å². The van der Waals surface area contributed by atoms with Gasteiger partial charge in [0, 0.05) is 12.3 Å². The lowest BCUT2D eigenvalue weighted by Gasteiger charge is -2.07. The van der Waals surface area contributed by atoms with Gasteiger partial charge in [0.2, 0.25) is 0 Å². The number of aliphatic hydroxyl groups excluding tert-OH is 1. The van der Waals surface area contributed by atoms with Gasteiger partial charge in [-0.1, -0.05) is 25.1 Å². The molecule has 0 aliphatic rings. The van der Waals surface area contributed by atoms with E-state index in [1.54, 1.807) is 30.3 Å². The maximum Gasteiger partial charge on any atom is 0.188 e. The van der Waals surface area contributed by atoms with Crippen molar-refractivity contribution in [2.75, 3.05) is 18.9 Å². The monoisotopic (exact) mass is 263 g/mol. The lowest BCUT2D eigenvalue weighted by atomic mass is 10.0. The van der Waals surface area contributed by atoms with Crippen LogP contribution in [0.4, 0.5) is 5.69 Å². The molecule has 1 aromatic rings. The van der Waals surface area contributed by atoms with Gasteiger partial charge in [-0.25, -0.2) is 0 Å². The summed E-state index contributed by atoms with van der Waals surface area (Å²) in [7, 11) is 0. The summed E-state index contributed by atoms with van der Waals surface area (Å²) in [6, 6.07) is 6.62. The van der Waals surface area contributed by atoms with E-state index in [0.717, 1.165) is 13.0 Å². The minimum absolute atomic E-state index is 0.333. The Bertz CT molecular complexity index is 412. The number of hydrogen-bond donors (Lipinski definition) is 2. The van der Waals surface area contributed by atoms with Crippen LogP contribution in [-0.2, 0) is 9.53 Å². The summed E-state index contributed by atoms with van der Waals surface area (Å²) in [6.45, 7) is 3.37. The molecule has 0 bridgehead atoms. The van der Waals surface area contributed by atoms with E-state index in [2.05, 4.69) is 0 Å². The number of hydrogen-bond acceptors (Lipinski definition) is 4. The van der Waals surface area contributed by atoms with Crippen molar-refractivity contribution in [3.8, 4) is 0 Å². The zero-order valence-electron chi connectivity index (χ0n) is 11.2. The minimum atomic E-state index is -1.13. The van der Waals surface area contributed by atoms with Gasteiger partial charge in [-0.05, 0) is 36.6 Å². The number of rotatable bonds is 8. The van der Waals surface area contributed by atoms with Gasteiger partial charge in [0.15, 0.2) is 5.78 Å². The lowest BCUT2D eigenvalue weighted by molar-refractivity contribution is -0.122. The quantitative estimate of drug-likeness (QED) is 0.428. The van der Waals surface area contributed by atoms with Crippen LogP contribution in [0.2, 0.25) is 0 Å². The first kappa shape index (κ1) is 15.4. The van der Waals surface area contributed by atoms with Crippen LogP contribution in [0.5, 0.6) is 0 Å². The van der Waals surface area contributed by atoms with E-state index in [1.165, 1.54) is 6.08 Å². The predicted molar refractivity (Wildman–Crippen MR) is 75.7 cm³/mol. The van der Waals surface area contributed by atoms with Gasteiger partial charge in [-0.2, -0.15) is 0 Å². The van der Waals surface area contributed by atoms with Gasteiger partial charge in [-0.3, -0.25) is 4.79 Å². The van der Waals surface area contributed by atoms with Crippen molar-refractivity contribution in [1.29, 1.82) is 0 Å². The molecule has 4 nitrogen and oxygen atoms in total. The smallest absolute Gasteiger partial charge is 0.188 e. The largest absolute Gasteiger partial charge is 0.399 e. The number of carbonyl (C=O) groups excluding carboxylic acids is 1. The Labute approximate surface area is 113 Å². The third kappa shape index (κ3) is 5.68. The average molecular weight is 263 g/mol. The molecule has 0 aliphatic heterocycles. The highest BCUT2D eigenvalue weighted by atomic mass is 16.5. The fraction of sp³-hybridized carbons (Fsp3) is 0.400. The van der Waals surface area contributed by atoms with Crippen LogP contribution in [0.15, 0.2) is 36.4 Å². The Morgan fingerprint density at radius 2 is 2.05 bits per heavy atom. The van der Waals surface area contributed by atoms with Crippen LogP contribution in [-0.4, -0.2) is 24.1 Å². The molecule has 0 heterocycles. The standard InChI is InChI=1S/C15H21NO3/c1-2-10-19-11-4-3-5-14(17)15(18)12-6-8-13(16)9-7-12/h3,5-9,15,18H,2,4,10-11,16H2,1H3/b5-3-. The fourth-order valence-electron chi connectivity index (χ4n) is 1.53. The van der Waals surface area contributed by atoms with Crippen molar-refractivity contribution in [3.63, 3.8) is 0 Å². The first-order valence-corrected chi connectivity index (χ1v) is 6.46. The molecule has 19 heavy (non-hydrogen) atoms. The average Bonchev–Trinajstić information content (AvgIpc) is 2.42. The molecule has 4 heteroatoms. The number of nitrogen functional groups attached to an aromatic ring is 1. The van der Waals surface area contributed by atoms with E-state index in [4.69, 9.17) is 10.5 Å². The van der Waals surface area contributed by atoms with Gasteiger partial charge in [0.05, 0.1) is 6.61 Å². The molecule has 0 fully saturated rings. The number of carbonyl (C=O) groups is 1. The third-order valence-electron chi connectivity index (χ3n) is 2.58. The Balaban J connectivity index is 2.40. The van der Waals surface area contributed by atoms with Crippen LogP contribution in [0.25, 0.3) is 0 Å². The molecule has 0 aliphatic carbocycles. The first-order chi connectivity index (χ1) is 9.15. The summed E-state index contributed by atoms with van der Waals surface area (Å²) in [5.74, 6) is -0.333. The highest BCUT2D eigenvalue weighted by Crippen LogP contribution is 2.16. The second kappa shape index (κ2) is 8.45. The van der Waals surface area contributed by atoms with Crippen molar-refractivity contribution < 1.29 is 14.6 Å². The Morgan fingerprint density at radius 3 is 2.68 bits per heavy atom. The molecule has 0 amide bonds. The van der Waals surface area contributed by atoms with Crippen LogP contribution in [0.3, 0.4) is 0 Å². The summed E-state index contributed by atoms with van der Waals surface area (Å²) in [6.07, 6.45) is 3.64. The molecule has 1 aromatic carbocycles. The second-order valence-electron chi connectivity index (χ2n) is 4.27. The highest BCUT2D eigenvalue weighted by Gasteiger charge is 2.13. The first-order valence-electron chi connectivity index (χ1n) is 6.46. The maximum absolute atomic E-state index is 11.7. The Morgan fingerprint density at radius 1 is 1.37 bits per heavy atom. The van der Waals surface area contributed by atoms with Gasteiger partial charge in [0.1, 0.15) is 6.10 Å². The Hall–Kier alpha value is -1.65. The van der Waals surface area contributed by atoms with Crippen molar-refractivity contribution in [2.45, 2.75) is 25.9 Å². The predicted octanol–water partition coefficient (Wildman–Crippen LogP) is 2.24. The van der Waals surface area contributed by atoms with E-state index in [-0.39, 0.29) is 5.78 Å². The number of ether oxygens (including phenoxy) is 1. The summed E-state index contributed by atoms with van der Waals surface area (Å²) in [5.41, 5.74) is 6.70. The fourth-order valence-corrected chi connectivity index (χ4v) is 1.53. The molecule has 1 rings (SSSR count). The molecule has 0 radical (unpaired) electrons. The van der Waals surface area contributed by atoms with E-state index in [1.807, 2.05) is 6.92 Å². The summed E-state index contributed by atoms with van der Waals surface area (Å²) in [4.78, 5) is 11.7. The normalized spacial score (nSPS) is 12.7. The van der Waals surface area contributed by atoms with Crippen LogP contribution < -0.4 is 5.73 Å². The topological polar surface area (TPSA) is 72.5 Å². The number of nitrogens with two attached hydrogens (primary N) is 1. The summed E-state index contributed by atoms with van der Waals surface area (Å²) in [5, 5.41) is 9.85. The molecule has 1 unspecified atom stereocenters. The molecule has 0 spiro atoms. The highest BCUT2D eigenvalue weighted by molar-refractivity contribution is 5.94. The van der Waals surface area contributed by atoms with Gasteiger partial charge >= 0.3 is 0 Å². The van der Waals surface area contributed by atoms with Crippen molar-refractivity contribution >= 4 is 11.5 Å². The third-order valence-corrected chi connectivity index (χ3v) is 2.58. The summed E-state index contributed by atoms with van der Waals surface area (Å²) >= 11 is 0. The molecular formula is C15H21NO3. The summed E-state index contributed by atoms with van der Waals surface area (Å²) < 4.78 is 5.28. The molecule has 1 atom stereocenters. The van der Waals surface area contributed by atoms with Crippen LogP contribution in [0, 0.1) is 0 Å².